The van der Waals surface area contributed by atoms with Crippen molar-refractivity contribution >= 4 is 18.0 Å². The van der Waals surface area contributed by atoms with Crippen molar-refractivity contribution in [2.24, 2.45) is 5.92 Å². The van der Waals surface area contributed by atoms with Crippen molar-refractivity contribution in [3.8, 4) is 0 Å². The number of likely N-dealkylation sites (tertiary alicyclic amines) is 1. The number of hydrogen-bond acceptors (Lipinski definition) is 5. The number of amides is 2. The zero-order chi connectivity index (χ0) is 23.0. The van der Waals surface area contributed by atoms with Gasteiger partial charge < -0.3 is 0 Å². The molecule has 0 aromatic rings. The summed E-state index contributed by atoms with van der Waals surface area (Å²) in [7, 11) is 0. The van der Waals surface area contributed by atoms with Crippen molar-refractivity contribution in [3.05, 3.63) is 0 Å². The summed E-state index contributed by atoms with van der Waals surface area (Å²) in [5, 5.41) is 12.8. The van der Waals surface area contributed by atoms with E-state index in [-0.39, 0.29) is 34.0 Å². The molecule has 3 rings (SSSR count). The molecule has 3 aliphatic rings. The third kappa shape index (κ3) is 6.03. The Hall–Kier alpha value is -1.10. The van der Waals surface area contributed by atoms with E-state index in [1.165, 1.54) is 4.90 Å². The Balaban J connectivity index is 1.83. The van der Waals surface area contributed by atoms with Crippen LogP contribution in [0.25, 0.3) is 0 Å². The molecule has 8 nitrogen and oxygen atoms in total. The van der Waals surface area contributed by atoms with Gasteiger partial charge in [0.15, 0.2) is 0 Å². The van der Waals surface area contributed by atoms with Gasteiger partial charge in [-0.25, -0.2) is 0 Å². The minimum atomic E-state index is -0.983. The fraction of sp³-hybridized carbons (Fsp3) is 0.864. The minimum absolute atomic E-state index is 0.0158. The molecule has 1 saturated carbocycles. The van der Waals surface area contributed by atoms with Gasteiger partial charge >= 0.3 is 195 Å². The van der Waals surface area contributed by atoms with Gasteiger partial charge in [0.1, 0.15) is 0 Å². The van der Waals surface area contributed by atoms with Gasteiger partial charge in [-0.15, -0.1) is 0 Å². The van der Waals surface area contributed by atoms with E-state index < -0.39 is 51.0 Å². The second-order valence-electron chi connectivity index (χ2n) is 10.4. The van der Waals surface area contributed by atoms with Crippen molar-refractivity contribution in [2.75, 3.05) is 11.0 Å². The van der Waals surface area contributed by atoms with E-state index in [1.807, 2.05) is 13.8 Å². The number of alkyl carbamates (subject to hydrolysis) is 1. The summed E-state index contributed by atoms with van der Waals surface area (Å²) in [4.78, 5) is 39.9. The molecule has 31 heavy (non-hydrogen) atoms. The number of hydrogen-bond donors (Lipinski definition) is 2. The molecule has 1 aliphatic carbocycles. The van der Waals surface area contributed by atoms with Gasteiger partial charge in [-0.05, 0) is 0 Å². The molecule has 0 spiro atoms. The molecule has 2 unspecified atom stereocenters. The molecular formula is C22H36IN2O6-. The van der Waals surface area contributed by atoms with Crippen LogP contribution in [0.5, 0.6) is 0 Å². The maximum atomic E-state index is 13.7. The number of halogens is 1. The average molecular weight is 551 g/mol. The summed E-state index contributed by atoms with van der Waals surface area (Å²) in [5.74, 6) is -1.31. The van der Waals surface area contributed by atoms with Crippen LogP contribution in [0.4, 0.5) is 4.79 Å². The Morgan fingerprint density at radius 3 is 2.42 bits per heavy atom. The van der Waals surface area contributed by atoms with Crippen molar-refractivity contribution in [3.63, 3.8) is 0 Å². The Bertz CT molecular complexity index is 701. The zero-order valence-electron chi connectivity index (χ0n) is 19.2. The zero-order valence-corrected chi connectivity index (χ0v) is 21.3. The number of carbonyl (C=O) groups is 3. The molecular weight excluding hydrogens is 515 g/mol. The number of carboxylic acid groups (broad SMARTS) is 1. The summed E-state index contributed by atoms with van der Waals surface area (Å²) < 4.78 is 12.3. The van der Waals surface area contributed by atoms with Gasteiger partial charge in [0.25, 0.3) is 0 Å². The Morgan fingerprint density at radius 1 is 1.19 bits per heavy atom. The number of nitrogens with zero attached hydrogens (tertiary/aromatic N) is 1. The summed E-state index contributed by atoms with van der Waals surface area (Å²) in [6, 6.07) is -1.66. The van der Waals surface area contributed by atoms with E-state index in [2.05, 4.69) is 5.32 Å². The van der Waals surface area contributed by atoms with Crippen LogP contribution >= 0.6 is 0 Å². The van der Waals surface area contributed by atoms with Crippen LogP contribution in [0.15, 0.2) is 0 Å². The molecule has 2 saturated heterocycles. The fourth-order valence-corrected chi connectivity index (χ4v) is 8.61. The third-order valence-electron chi connectivity index (χ3n) is 6.01. The van der Waals surface area contributed by atoms with Gasteiger partial charge in [0.05, 0.1) is 0 Å². The van der Waals surface area contributed by atoms with Crippen LogP contribution in [0.3, 0.4) is 0 Å². The molecule has 9 heteroatoms. The van der Waals surface area contributed by atoms with E-state index in [4.69, 9.17) is 9.47 Å². The number of carbonyl (C=O) groups excluding carboxylic acids is 2. The topological polar surface area (TPSA) is 105 Å². The molecule has 0 radical (unpaired) electrons. The molecule has 2 amide bonds. The molecule has 0 bridgehead atoms. The standard InChI is InChI=1S/C22H36IN2O6/c1-21(2,3)31-20(29)24-16(13-9-7-6-8-10-13)18(26)25-11-14-15(17(25)19(27)28)23-12-22(4,5)30-14/h13-17H,6-12H2,1-5H3,(H,24,29)(H,27,28)/q-1/t14?,15?,16-,17-/m0/s1. The van der Waals surface area contributed by atoms with E-state index in [1.54, 1.807) is 20.8 Å². The van der Waals surface area contributed by atoms with Crippen molar-refractivity contribution in [2.45, 2.75) is 100 Å². The van der Waals surface area contributed by atoms with Gasteiger partial charge in [-0.2, -0.15) is 0 Å². The normalized spacial score (nSPS) is 30.0. The van der Waals surface area contributed by atoms with E-state index >= 15 is 0 Å². The Kier molecular flexibility index (Phi) is 7.45. The molecule has 0 aromatic carbocycles. The molecule has 2 N–H and O–H groups in total. The quantitative estimate of drug-likeness (QED) is 0.357. The first-order valence-corrected chi connectivity index (χ1v) is 13.9. The number of nitrogens with one attached hydrogen (secondary N) is 1. The first-order chi connectivity index (χ1) is 14.4. The van der Waals surface area contributed by atoms with Gasteiger partial charge in [-0.3, -0.25) is 0 Å². The number of fused-ring (bicyclic) bond motifs is 1. The number of aliphatic carboxylic acids is 1. The van der Waals surface area contributed by atoms with Crippen LogP contribution in [0, 0.1) is 5.92 Å². The average Bonchev–Trinajstić information content (AvgIpc) is 3.02. The summed E-state index contributed by atoms with van der Waals surface area (Å²) in [5.41, 5.74) is -0.964. The van der Waals surface area contributed by atoms with E-state index in [0.717, 1.165) is 36.5 Å². The third-order valence-corrected chi connectivity index (χ3v) is 10.8. The first-order valence-electron chi connectivity index (χ1n) is 11.2. The summed E-state index contributed by atoms with van der Waals surface area (Å²) in [6.07, 6.45) is 3.90. The van der Waals surface area contributed by atoms with Crippen molar-refractivity contribution in [1.82, 2.24) is 10.2 Å². The predicted octanol–water partition coefficient (Wildman–Crippen LogP) is -0.610. The number of rotatable bonds is 4. The Morgan fingerprint density at radius 2 is 1.84 bits per heavy atom. The van der Waals surface area contributed by atoms with E-state index in [0.29, 0.717) is 0 Å². The second-order valence-corrected chi connectivity index (χ2v) is 13.5. The molecule has 2 aliphatic heterocycles. The van der Waals surface area contributed by atoms with Gasteiger partial charge in [0.2, 0.25) is 0 Å². The molecule has 4 atom stereocenters. The van der Waals surface area contributed by atoms with Crippen LogP contribution < -0.4 is 26.5 Å². The van der Waals surface area contributed by atoms with Crippen LogP contribution in [-0.4, -0.2) is 72.3 Å². The van der Waals surface area contributed by atoms with Crippen molar-refractivity contribution in [1.29, 1.82) is 0 Å². The molecule has 3 fully saturated rings. The monoisotopic (exact) mass is 551 g/mol. The van der Waals surface area contributed by atoms with E-state index in [9.17, 15) is 19.5 Å². The fourth-order valence-electron chi connectivity index (χ4n) is 4.74. The molecule has 2 heterocycles. The van der Waals surface area contributed by atoms with Crippen molar-refractivity contribution < 1.29 is 50.2 Å². The SMILES string of the molecule is CC(C)(C)OC(=O)N[C@H](C(=O)N1CC2OC(C)(C)C[I-]C2[C@H]1C(=O)O)C1CCCCC1. The second kappa shape index (κ2) is 9.41. The Labute approximate surface area is 195 Å². The van der Waals surface area contributed by atoms with Crippen LogP contribution in [0.1, 0.15) is 66.7 Å². The van der Waals surface area contributed by atoms with Gasteiger partial charge in [-0.1, -0.05) is 0 Å². The predicted molar refractivity (Wildman–Crippen MR) is 110 cm³/mol. The summed E-state index contributed by atoms with van der Waals surface area (Å²) in [6.45, 7) is 9.65. The molecule has 178 valence electrons. The number of carboxylic acids is 1. The first kappa shape index (κ1) is 24.5. The van der Waals surface area contributed by atoms with Gasteiger partial charge in [0, 0.05) is 0 Å². The van der Waals surface area contributed by atoms with Crippen LogP contribution in [0.2, 0.25) is 0 Å². The maximum absolute atomic E-state index is 13.7. The number of ether oxygens (including phenoxy) is 2. The summed E-state index contributed by atoms with van der Waals surface area (Å²) >= 11 is -0.429. The van der Waals surface area contributed by atoms with Crippen LogP contribution in [-0.2, 0) is 19.1 Å². The number of alkyl halides is 2. The molecule has 0 aromatic heterocycles.